The van der Waals surface area contributed by atoms with Gasteiger partial charge >= 0.3 is 0 Å². The second kappa shape index (κ2) is 6.71. The Morgan fingerprint density at radius 2 is 1.45 bits per heavy atom. The highest BCUT2D eigenvalue weighted by atomic mass is 16.1. The Morgan fingerprint density at radius 3 is 1.95 bits per heavy atom. The van der Waals surface area contributed by atoms with Crippen LogP contribution in [0.2, 0.25) is 0 Å². The Morgan fingerprint density at radius 1 is 0.900 bits per heavy atom. The predicted molar refractivity (Wildman–Crippen MR) is 85.1 cm³/mol. The average Bonchev–Trinajstić information content (AvgIpc) is 2.47. The van der Waals surface area contributed by atoms with E-state index in [1.807, 2.05) is 32.3 Å². The molecular formula is C18H19NO. The second-order valence-corrected chi connectivity index (χ2v) is 4.97. The normalized spacial score (nSPS) is 10.7. The molecule has 0 spiro atoms. The van der Waals surface area contributed by atoms with Crippen LogP contribution in [-0.2, 0) is 11.2 Å². The summed E-state index contributed by atoms with van der Waals surface area (Å²) >= 11 is 0. The first-order valence-electron chi connectivity index (χ1n) is 6.66. The molecule has 0 atom stereocenters. The Labute approximate surface area is 120 Å². The lowest BCUT2D eigenvalue weighted by Gasteiger charge is -2.12. The van der Waals surface area contributed by atoms with E-state index in [2.05, 4.69) is 41.3 Å². The number of anilines is 1. The third-order valence-corrected chi connectivity index (χ3v) is 3.21. The van der Waals surface area contributed by atoms with Gasteiger partial charge in [-0.25, -0.2) is 0 Å². The smallest absolute Gasteiger partial charge is 0.142 e. The van der Waals surface area contributed by atoms with Crippen molar-refractivity contribution in [3.05, 3.63) is 71.3 Å². The molecule has 2 aromatic rings. The van der Waals surface area contributed by atoms with Gasteiger partial charge in [-0.1, -0.05) is 42.5 Å². The molecule has 0 radical (unpaired) electrons. The van der Waals surface area contributed by atoms with Gasteiger partial charge in [0.05, 0.1) is 0 Å². The minimum absolute atomic E-state index is 0.792. The van der Waals surface area contributed by atoms with Crippen LogP contribution in [0.4, 0.5) is 5.69 Å². The van der Waals surface area contributed by atoms with Gasteiger partial charge in [0, 0.05) is 19.8 Å². The lowest BCUT2D eigenvalue weighted by Crippen LogP contribution is -2.08. The number of hydrogen-bond acceptors (Lipinski definition) is 2. The zero-order valence-corrected chi connectivity index (χ0v) is 11.9. The van der Waals surface area contributed by atoms with Gasteiger partial charge in [-0.05, 0) is 41.3 Å². The first-order chi connectivity index (χ1) is 9.69. The predicted octanol–water partition coefficient (Wildman–Crippen LogP) is 3.56. The summed E-state index contributed by atoms with van der Waals surface area (Å²) in [6.07, 6.45) is 5.03. The highest BCUT2D eigenvalue weighted by Crippen LogP contribution is 2.16. The molecule has 0 saturated heterocycles. The standard InChI is InChI=1S/C18H19NO/c1-19(2)18-11-9-17(10-12-18)14-16-7-5-15(6-8-16)4-3-13-20/h3-13H,14H2,1-2H3. The fraction of sp³-hybridized carbons (Fsp3) is 0.167. The van der Waals surface area contributed by atoms with Gasteiger partial charge in [0.2, 0.25) is 0 Å². The molecule has 2 nitrogen and oxygen atoms in total. The Kier molecular flexibility index (Phi) is 4.72. The molecule has 2 heteroatoms. The lowest BCUT2D eigenvalue weighted by molar-refractivity contribution is -0.104. The minimum atomic E-state index is 0.792. The lowest BCUT2D eigenvalue weighted by atomic mass is 10.0. The number of carbonyl (C=O) groups excluding carboxylic acids is 1. The van der Waals surface area contributed by atoms with E-state index in [0.717, 1.165) is 18.3 Å². The molecular weight excluding hydrogens is 246 g/mol. The van der Waals surface area contributed by atoms with Crippen LogP contribution in [0.5, 0.6) is 0 Å². The quantitative estimate of drug-likeness (QED) is 0.608. The van der Waals surface area contributed by atoms with Crippen LogP contribution < -0.4 is 4.90 Å². The van der Waals surface area contributed by atoms with Gasteiger partial charge in [-0.2, -0.15) is 0 Å². The van der Waals surface area contributed by atoms with Gasteiger partial charge < -0.3 is 4.90 Å². The molecule has 2 rings (SSSR count). The average molecular weight is 265 g/mol. The first-order valence-corrected chi connectivity index (χ1v) is 6.66. The van der Waals surface area contributed by atoms with E-state index in [-0.39, 0.29) is 0 Å². The summed E-state index contributed by atoms with van der Waals surface area (Å²) in [6, 6.07) is 16.9. The van der Waals surface area contributed by atoms with Gasteiger partial charge in [0.25, 0.3) is 0 Å². The fourth-order valence-corrected chi connectivity index (χ4v) is 2.04. The first kappa shape index (κ1) is 14.1. The third kappa shape index (κ3) is 3.82. The fourth-order valence-electron chi connectivity index (χ4n) is 2.04. The summed E-state index contributed by atoms with van der Waals surface area (Å²) < 4.78 is 0. The van der Waals surface area contributed by atoms with Crippen molar-refractivity contribution >= 4 is 18.0 Å². The Balaban J connectivity index is 2.06. The van der Waals surface area contributed by atoms with Crippen molar-refractivity contribution in [1.29, 1.82) is 0 Å². The number of allylic oxidation sites excluding steroid dienone is 1. The summed E-state index contributed by atoms with van der Waals surface area (Å²) in [6.45, 7) is 0. The van der Waals surface area contributed by atoms with Gasteiger partial charge in [0.1, 0.15) is 6.29 Å². The second-order valence-electron chi connectivity index (χ2n) is 4.97. The zero-order valence-electron chi connectivity index (χ0n) is 11.9. The topological polar surface area (TPSA) is 20.3 Å². The van der Waals surface area contributed by atoms with Crippen LogP contribution in [0.25, 0.3) is 6.08 Å². The highest BCUT2D eigenvalue weighted by Gasteiger charge is 1.98. The van der Waals surface area contributed by atoms with Crippen molar-refractivity contribution in [3.8, 4) is 0 Å². The maximum atomic E-state index is 10.3. The summed E-state index contributed by atoms with van der Waals surface area (Å²) in [5.41, 5.74) is 4.82. The van der Waals surface area contributed by atoms with E-state index in [0.29, 0.717) is 0 Å². The van der Waals surface area contributed by atoms with E-state index in [9.17, 15) is 4.79 Å². The molecule has 0 aliphatic heterocycles. The van der Waals surface area contributed by atoms with E-state index >= 15 is 0 Å². The molecule has 102 valence electrons. The van der Waals surface area contributed by atoms with Crippen LogP contribution in [0.1, 0.15) is 16.7 Å². The molecule has 0 bridgehead atoms. The van der Waals surface area contributed by atoms with E-state index in [4.69, 9.17) is 0 Å². The molecule has 0 aromatic heterocycles. The molecule has 0 heterocycles. The molecule has 20 heavy (non-hydrogen) atoms. The number of nitrogens with zero attached hydrogens (tertiary/aromatic N) is 1. The largest absolute Gasteiger partial charge is 0.378 e. The SMILES string of the molecule is CN(C)c1ccc(Cc2ccc(C=CC=O)cc2)cc1. The molecule has 0 aliphatic rings. The van der Waals surface area contributed by atoms with Crippen molar-refractivity contribution in [2.24, 2.45) is 0 Å². The van der Waals surface area contributed by atoms with Gasteiger partial charge in [-0.15, -0.1) is 0 Å². The molecule has 0 amide bonds. The maximum absolute atomic E-state index is 10.3. The maximum Gasteiger partial charge on any atom is 0.142 e. The molecule has 0 saturated carbocycles. The number of aldehydes is 1. The van der Waals surface area contributed by atoms with Crippen LogP contribution in [-0.4, -0.2) is 20.4 Å². The molecule has 0 N–H and O–H groups in total. The van der Waals surface area contributed by atoms with Crippen molar-refractivity contribution in [1.82, 2.24) is 0 Å². The Hall–Kier alpha value is -2.35. The number of rotatable bonds is 5. The van der Waals surface area contributed by atoms with E-state index in [1.165, 1.54) is 22.9 Å². The third-order valence-electron chi connectivity index (χ3n) is 3.21. The van der Waals surface area contributed by atoms with Crippen molar-refractivity contribution in [3.63, 3.8) is 0 Å². The minimum Gasteiger partial charge on any atom is -0.378 e. The highest BCUT2D eigenvalue weighted by molar-refractivity contribution is 5.73. The van der Waals surface area contributed by atoms with E-state index < -0.39 is 0 Å². The molecule has 0 aliphatic carbocycles. The summed E-state index contributed by atoms with van der Waals surface area (Å²) in [4.78, 5) is 12.4. The van der Waals surface area contributed by atoms with Crippen LogP contribution >= 0.6 is 0 Å². The van der Waals surface area contributed by atoms with Crippen molar-refractivity contribution in [2.45, 2.75) is 6.42 Å². The zero-order chi connectivity index (χ0) is 14.4. The van der Waals surface area contributed by atoms with Crippen molar-refractivity contribution in [2.75, 3.05) is 19.0 Å². The number of hydrogen-bond donors (Lipinski definition) is 0. The van der Waals surface area contributed by atoms with Crippen LogP contribution in [0, 0.1) is 0 Å². The van der Waals surface area contributed by atoms with E-state index in [1.54, 1.807) is 0 Å². The molecule has 2 aromatic carbocycles. The van der Waals surface area contributed by atoms with Crippen molar-refractivity contribution < 1.29 is 4.79 Å². The van der Waals surface area contributed by atoms with Gasteiger partial charge in [-0.3, -0.25) is 4.79 Å². The molecule has 0 fully saturated rings. The number of benzene rings is 2. The molecule has 0 unspecified atom stereocenters. The summed E-state index contributed by atoms with van der Waals surface area (Å²) in [5, 5.41) is 0. The van der Waals surface area contributed by atoms with Crippen LogP contribution in [0.15, 0.2) is 54.6 Å². The summed E-state index contributed by atoms with van der Waals surface area (Å²) in [7, 11) is 4.08. The summed E-state index contributed by atoms with van der Waals surface area (Å²) in [5.74, 6) is 0. The number of carbonyl (C=O) groups is 1. The Bertz CT molecular complexity index is 580. The van der Waals surface area contributed by atoms with Crippen LogP contribution in [0.3, 0.4) is 0 Å². The van der Waals surface area contributed by atoms with Gasteiger partial charge in [0.15, 0.2) is 0 Å². The monoisotopic (exact) mass is 265 g/mol.